The average molecular weight is 639 g/mol. The Hall–Kier alpha value is -3.68. The number of rotatable bonds is 11. The summed E-state index contributed by atoms with van der Waals surface area (Å²) < 4.78 is 48.5. The molecular formula is C31H42N6O5SSi. The van der Waals surface area contributed by atoms with Gasteiger partial charge >= 0.3 is 0 Å². The van der Waals surface area contributed by atoms with Gasteiger partial charge in [-0.15, -0.1) is 10.2 Å². The lowest BCUT2D eigenvalue weighted by atomic mass is 10.2. The molecule has 0 saturated heterocycles. The number of pyridine rings is 1. The second-order valence-corrected chi connectivity index (χ2v) is 19.5. The zero-order valence-corrected chi connectivity index (χ0v) is 28.9. The predicted molar refractivity (Wildman–Crippen MR) is 172 cm³/mol. The van der Waals surface area contributed by atoms with Crippen LogP contribution in [0.3, 0.4) is 0 Å². The SMILES string of the molecule is COc1cccc(OC)c1-n1c(CS(=O)(=O)[C@@H](C)[C@H](O[Si](C)(C)C(C)(C)C)c2cnc(C)cn2)nnc1-c1cncc(C)c1. The summed E-state index contributed by atoms with van der Waals surface area (Å²) in [6.45, 7) is 15.9. The Bertz CT molecular complexity index is 1700. The van der Waals surface area contributed by atoms with E-state index >= 15 is 0 Å². The molecule has 0 fully saturated rings. The van der Waals surface area contributed by atoms with Gasteiger partial charge in [-0.3, -0.25) is 19.5 Å². The molecule has 0 radical (unpaired) electrons. The van der Waals surface area contributed by atoms with Gasteiger partial charge in [-0.05, 0) is 62.7 Å². The minimum Gasteiger partial charge on any atom is -0.494 e. The van der Waals surface area contributed by atoms with Crippen molar-refractivity contribution in [1.82, 2.24) is 29.7 Å². The van der Waals surface area contributed by atoms with Crippen molar-refractivity contribution < 1.29 is 22.3 Å². The van der Waals surface area contributed by atoms with Gasteiger partial charge in [0.2, 0.25) is 0 Å². The highest BCUT2D eigenvalue weighted by atomic mass is 32.2. The Morgan fingerprint density at radius 1 is 0.955 bits per heavy atom. The molecule has 2 atom stereocenters. The Morgan fingerprint density at radius 2 is 1.61 bits per heavy atom. The first-order valence-corrected chi connectivity index (χ1v) is 19.0. The van der Waals surface area contributed by atoms with E-state index < -0.39 is 35.3 Å². The Morgan fingerprint density at radius 3 is 2.16 bits per heavy atom. The first kappa shape index (κ1) is 33.2. The lowest BCUT2D eigenvalue weighted by molar-refractivity contribution is 0.176. The third kappa shape index (κ3) is 6.84. The largest absolute Gasteiger partial charge is 0.494 e. The van der Waals surface area contributed by atoms with E-state index in [9.17, 15) is 8.42 Å². The molecule has 3 aromatic heterocycles. The Labute approximate surface area is 261 Å². The Balaban J connectivity index is 1.86. The molecule has 0 aliphatic heterocycles. The quantitative estimate of drug-likeness (QED) is 0.185. The van der Waals surface area contributed by atoms with Crippen molar-refractivity contribution in [2.24, 2.45) is 0 Å². The van der Waals surface area contributed by atoms with Crippen LogP contribution in [0.2, 0.25) is 18.1 Å². The molecule has 4 aromatic rings. The molecule has 3 heterocycles. The molecule has 13 heteroatoms. The summed E-state index contributed by atoms with van der Waals surface area (Å²) in [5, 5.41) is 7.72. The van der Waals surface area contributed by atoms with Gasteiger partial charge in [-0.2, -0.15) is 0 Å². The van der Waals surface area contributed by atoms with Crippen molar-refractivity contribution >= 4 is 18.2 Å². The highest BCUT2D eigenvalue weighted by molar-refractivity contribution is 7.91. The molecule has 4 rings (SSSR count). The van der Waals surface area contributed by atoms with Crippen LogP contribution in [-0.4, -0.2) is 65.9 Å². The van der Waals surface area contributed by atoms with E-state index in [1.807, 2.05) is 19.9 Å². The molecule has 1 aromatic carbocycles. The molecule has 0 bridgehead atoms. The van der Waals surface area contributed by atoms with Crippen LogP contribution in [0.1, 0.15) is 56.6 Å². The number of ether oxygens (including phenoxy) is 2. The van der Waals surface area contributed by atoms with Crippen LogP contribution in [0.4, 0.5) is 0 Å². The van der Waals surface area contributed by atoms with Gasteiger partial charge < -0.3 is 13.9 Å². The fourth-order valence-corrected chi connectivity index (χ4v) is 7.29. The number of methoxy groups -OCH3 is 2. The van der Waals surface area contributed by atoms with E-state index in [0.29, 0.717) is 34.3 Å². The third-order valence-electron chi connectivity index (χ3n) is 8.13. The van der Waals surface area contributed by atoms with Gasteiger partial charge in [0.1, 0.15) is 29.0 Å². The number of hydrogen-bond donors (Lipinski definition) is 0. The molecular weight excluding hydrogens is 597 g/mol. The van der Waals surface area contributed by atoms with Gasteiger partial charge in [0.25, 0.3) is 0 Å². The van der Waals surface area contributed by atoms with Crippen LogP contribution in [-0.2, 0) is 20.0 Å². The minimum absolute atomic E-state index is 0.162. The van der Waals surface area contributed by atoms with Crippen LogP contribution in [0.15, 0.2) is 49.1 Å². The fourth-order valence-electron chi connectivity index (χ4n) is 4.50. The molecule has 236 valence electrons. The maximum Gasteiger partial charge on any atom is 0.193 e. The van der Waals surface area contributed by atoms with Crippen LogP contribution in [0, 0.1) is 13.8 Å². The summed E-state index contributed by atoms with van der Waals surface area (Å²) >= 11 is 0. The molecule has 44 heavy (non-hydrogen) atoms. The number of benzene rings is 1. The van der Waals surface area contributed by atoms with E-state index in [4.69, 9.17) is 13.9 Å². The number of aryl methyl sites for hydroxylation is 2. The fraction of sp³-hybridized carbons (Fsp3) is 0.452. The molecule has 11 nitrogen and oxygen atoms in total. The third-order valence-corrected chi connectivity index (χ3v) is 14.6. The van der Waals surface area contributed by atoms with Crippen molar-refractivity contribution in [3.05, 3.63) is 71.8 Å². The van der Waals surface area contributed by atoms with Gasteiger partial charge in [0.15, 0.2) is 29.8 Å². The monoisotopic (exact) mass is 638 g/mol. The topological polar surface area (TPSA) is 131 Å². The van der Waals surface area contributed by atoms with Gasteiger partial charge in [0.05, 0.1) is 37.1 Å². The van der Waals surface area contributed by atoms with Crippen molar-refractivity contribution in [2.75, 3.05) is 14.2 Å². The molecule has 0 aliphatic rings. The molecule has 0 N–H and O–H groups in total. The highest BCUT2D eigenvalue weighted by Crippen LogP contribution is 2.42. The maximum absolute atomic E-state index is 14.3. The standard InChI is InChI=1S/C31H42N6O5SSi/c1-20-14-23(17-32-15-20)30-36-35-27(37(30)28-25(40-7)12-11-13-26(28)41-8)19-43(38,39)22(3)29(24-18-33-21(2)16-34-24)42-44(9,10)31(4,5)6/h11-18,22,29H,19H2,1-10H3/t22-,29-/m0/s1. The number of nitrogens with zero attached hydrogens (tertiary/aromatic N) is 6. The summed E-state index contributed by atoms with van der Waals surface area (Å²) in [6.07, 6.45) is 5.78. The van der Waals surface area contributed by atoms with Crippen LogP contribution >= 0.6 is 0 Å². The van der Waals surface area contributed by atoms with E-state index in [0.717, 1.165) is 11.3 Å². The molecule has 0 aliphatic carbocycles. The zero-order chi connectivity index (χ0) is 32.4. The number of para-hydroxylation sites is 1. The van der Waals surface area contributed by atoms with E-state index in [2.05, 4.69) is 59.0 Å². The van der Waals surface area contributed by atoms with Crippen molar-refractivity contribution in [2.45, 2.75) is 76.8 Å². The summed E-state index contributed by atoms with van der Waals surface area (Å²) in [5.74, 6) is 1.09. The second-order valence-electron chi connectivity index (χ2n) is 12.4. The van der Waals surface area contributed by atoms with Crippen molar-refractivity contribution in [3.63, 3.8) is 0 Å². The molecule has 0 amide bonds. The summed E-state index contributed by atoms with van der Waals surface area (Å²) in [4.78, 5) is 13.3. The van der Waals surface area contributed by atoms with Crippen molar-refractivity contribution in [1.29, 1.82) is 0 Å². The van der Waals surface area contributed by atoms with E-state index in [1.165, 1.54) is 0 Å². The first-order valence-electron chi connectivity index (χ1n) is 14.3. The maximum atomic E-state index is 14.3. The number of sulfone groups is 1. The average Bonchev–Trinajstić information content (AvgIpc) is 3.37. The van der Waals surface area contributed by atoms with E-state index in [-0.39, 0.29) is 10.9 Å². The summed E-state index contributed by atoms with van der Waals surface area (Å²) in [6, 6.07) is 7.26. The zero-order valence-electron chi connectivity index (χ0n) is 27.1. The lowest BCUT2D eigenvalue weighted by Crippen LogP contribution is -2.45. The number of hydrogen-bond acceptors (Lipinski definition) is 10. The normalized spacial score (nSPS) is 13.9. The van der Waals surface area contributed by atoms with Crippen LogP contribution in [0.25, 0.3) is 17.1 Å². The summed E-state index contributed by atoms with van der Waals surface area (Å²) in [5.41, 5.74) is 3.26. The second kappa shape index (κ2) is 12.7. The van der Waals surface area contributed by atoms with Gasteiger partial charge in [0, 0.05) is 24.2 Å². The molecule has 0 unspecified atom stereocenters. The van der Waals surface area contributed by atoms with E-state index in [1.54, 1.807) is 68.7 Å². The van der Waals surface area contributed by atoms with Crippen LogP contribution in [0.5, 0.6) is 11.5 Å². The lowest BCUT2D eigenvalue weighted by Gasteiger charge is -2.40. The van der Waals surface area contributed by atoms with Gasteiger partial charge in [-0.25, -0.2) is 8.42 Å². The first-order chi connectivity index (χ1) is 20.6. The Kier molecular flexibility index (Phi) is 9.62. The van der Waals surface area contributed by atoms with Crippen molar-refractivity contribution in [3.8, 4) is 28.6 Å². The smallest absolute Gasteiger partial charge is 0.193 e. The molecule has 0 spiro atoms. The van der Waals surface area contributed by atoms with Crippen LogP contribution < -0.4 is 9.47 Å². The minimum atomic E-state index is -3.93. The van der Waals surface area contributed by atoms with Gasteiger partial charge in [-0.1, -0.05) is 26.8 Å². The summed E-state index contributed by atoms with van der Waals surface area (Å²) in [7, 11) is -3.28. The highest BCUT2D eigenvalue weighted by Gasteiger charge is 2.44. The molecule has 0 saturated carbocycles. The number of aromatic nitrogens is 6. The predicted octanol–water partition coefficient (Wildman–Crippen LogP) is 5.82.